The van der Waals surface area contributed by atoms with E-state index in [0.717, 1.165) is 0 Å². The topological polar surface area (TPSA) is 412 Å². The molecular formula is C22H12N8O18S2. The summed E-state index contributed by atoms with van der Waals surface area (Å²) < 4.78 is 68.5. The van der Waals surface area contributed by atoms with Gasteiger partial charge in [-0.25, -0.2) is 0 Å². The molecule has 0 atom stereocenters. The molecule has 260 valence electrons. The Balaban J connectivity index is 2.08. The third-order valence-electron chi connectivity index (χ3n) is 6.25. The summed E-state index contributed by atoms with van der Waals surface area (Å²) in [5.41, 5.74) is -9.39. The van der Waals surface area contributed by atoms with Crippen molar-refractivity contribution in [2.24, 2.45) is 20.5 Å². The zero-order chi connectivity index (χ0) is 37.6. The average Bonchev–Trinajstić information content (AvgIpc) is 2.99. The fourth-order valence-corrected chi connectivity index (χ4v) is 5.39. The number of non-ortho nitro benzene ring substituents is 2. The number of phenolic OH excluding ortho intramolecular Hbond substituents is 4. The predicted octanol–water partition coefficient (Wildman–Crippen LogP) is 4.62. The Kier molecular flexibility index (Phi) is 8.97. The minimum Gasteiger partial charge on any atom is -0.505 e. The maximum absolute atomic E-state index is 12.2. The lowest BCUT2D eigenvalue weighted by Gasteiger charge is -2.13. The molecule has 50 heavy (non-hydrogen) atoms. The summed E-state index contributed by atoms with van der Waals surface area (Å²) in [5.74, 6) is -5.71. The molecule has 4 rings (SSSR count). The van der Waals surface area contributed by atoms with Gasteiger partial charge in [-0.3, -0.25) is 49.6 Å². The molecule has 6 N–H and O–H groups in total. The van der Waals surface area contributed by atoms with Crippen LogP contribution < -0.4 is 0 Å². The van der Waals surface area contributed by atoms with E-state index in [1.54, 1.807) is 0 Å². The SMILES string of the molecule is O=[N+]([O-])c1cc(N=Nc2c(S(=O)(=O)O)cc3cc(S(=O)(=O)O)c(N=Nc4cc([N+](=O)[O-])cc([N+](=O)[O-])c4O)c(O)c3c2O)c(O)c([N+](=O)[O-])c1. The van der Waals surface area contributed by atoms with Crippen molar-refractivity contribution in [2.75, 3.05) is 0 Å². The van der Waals surface area contributed by atoms with Crippen molar-refractivity contribution in [3.8, 4) is 23.0 Å². The largest absolute Gasteiger partial charge is 0.505 e. The van der Waals surface area contributed by atoms with Gasteiger partial charge in [0.15, 0.2) is 11.5 Å². The Morgan fingerprint density at radius 1 is 0.500 bits per heavy atom. The van der Waals surface area contributed by atoms with Gasteiger partial charge in [-0.2, -0.15) is 16.8 Å². The molecular weight excluding hydrogens is 728 g/mol. The lowest BCUT2D eigenvalue weighted by molar-refractivity contribution is -0.394. The van der Waals surface area contributed by atoms with Crippen molar-refractivity contribution >= 4 is 76.5 Å². The number of phenols is 4. The van der Waals surface area contributed by atoms with Crippen LogP contribution in [0.3, 0.4) is 0 Å². The number of aromatic hydroxyl groups is 4. The summed E-state index contributed by atoms with van der Waals surface area (Å²) in [6, 6.07) is 2.22. The number of hydrogen-bond donors (Lipinski definition) is 6. The highest BCUT2D eigenvalue weighted by Gasteiger charge is 2.30. The van der Waals surface area contributed by atoms with Crippen LogP contribution in [0.1, 0.15) is 0 Å². The van der Waals surface area contributed by atoms with E-state index in [-0.39, 0.29) is 0 Å². The highest BCUT2D eigenvalue weighted by Crippen LogP contribution is 2.51. The second-order valence-corrected chi connectivity index (χ2v) is 12.1. The Hall–Kier alpha value is -7.04. The molecule has 0 aromatic heterocycles. The van der Waals surface area contributed by atoms with E-state index in [1.807, 2.05) is 0 Å². The number of nitro groups is 4. The minimum atomic E-state index is -5.52. The third kappa shape index (κ3) is 6.68. The maximum atomic E-state index is 12.2. The van der Waals surface area contributed by atoms with Gasteiger partial charge in [0.2, 0.25) is 11.5 Å². The van der Waals surface area contributed by atoms with Gasteiger partial charge in [0.05, 0.1) is 37.2 Å². The molecule has 0 radical (unpaired) electrons. The first-order valence-corrected chi connectivity index (χ1v) is 15.1. The molecule has 26 nitrogen and oxygen atoms in total. The first-order chi connectivity index (χ1) is 23.0. The molecule has 0 bridgehead atoms. The van der Waals surface area contributed by atoms with Gasteiger partial charge in [-0.05, 0) is 17.5 Å². The van der Waals surface area contributed by atoms with Crippen LogP contribution in [-0.4, -0.2) is 66.1 Å². The average molecular weight is 741 g/mol. The van der Waals surface area contributed by atoms with Crippen molar-refractivity contribution in [3.05, 3.63) is 76.9 Å². The molecule has 0 amide bonds. The van der Waals surface area contributed by atoms with E-state index < -0.39 is 129 Å². The smallest absolute Gasteiger partial charge is 0.319 e. The van der Waals surface area contributed by atoms with Gasteiger partial charge < -0.3 is 20.4 Å². The molecule has 0 heterocycles. The third-order valence-corrected chi connectivity index (χ3v) is 7.98. The zero-order valence-electron chi connectivity index (χ0n) is 23.4. The molecule has 28 heteroatoms. The van der Waals surface area contributed by atoms with Crippen LogP contribution >= 0.6 is 0 Å². The number of fused-ring (bicyclic) bond motifs is 1. The highest BCUT2D eigenvalue weighted by molar-refractivity contribution is 7.86. The zero-order valence-corrected chi connectivity index (χ0v) is 25.1. The van der Waals surface area contributed by atoms with E-state index in [4.69, 9.17) is 0 Å². The number of azo groups is 2. The Labute approximate surface area is 272 Å². The molecule has 4 aromatic rings. The van der Waals surface area contributed by atoms with Crippen LogP contribution in [0.4, 0.5) is 45.5 Å². The predicted molar refractivity (Wildman–Crippen MR) is 158 cm³/mol. The van der Waals surface area contributed by atoms with Crippen LogP contribution in [0.25, 0.3) is 10.8 Å². The molecule has 0 aliphatic heterocycles. The van der Waals surface area contributed by atoms with E-state index in [1.165, 1.54) is 0 Å². The summed E-state index contributed by atoms with van der Waals surface area (Å²) in [6.45, 7) is 0. The Morgan fingerprint density at radius 3 is 1.12 bits per heavy atom. The van der Waals surface area contributed by atoms with E-state index in [0.29, 0.717) is 36.4 Å². The van der Waals surface area contributed by atoms with E-state index in [9.17, 15) is 86.8 Å². The second-order valence-electron chi connectivity index (χ2n) is 9.29. The molecule has 0 saturated heterocycles. The Bertz CT molecular complexity index is 2330. The van der Waals surface area contributed by atoms with Crippen molar-refractivity contribution in [3.63, 3.8) is 0 Å². The number of hydrogen-bond acceptors (Lipinski definition) is 20. The van der Waals surface area contributed by atoms with E-state index in [2.05, 4.69) is 20.5 Å². The molecule has 0 fully saturated rings. The standard InChI is InChI=1S/C22H12N8O18S2/c31-19-10(3-8(27(35)36)5-12(19)29(39)40)23-25-17-14(49(43,44)45)1-7-2-15(50(46,47)48)18(22(34)16(7)21(17)33)26-24-11-4-9(28(37)38)6-13(20(11)32)30(41)42/h1-6,31-34H,(H,43,44,45)(H,46,47,48). The lowest BCUT2D eigenvalue weighted by Crippen LogP contribution is -2.01. The number of benzene rings is 4. The van der Waals surface area contributed by atoms with Gasteiger partial charge in [-0.15, -0.1) is 20.5 Å². The first-order valence-electron chi connectivity index (χ1n) is 12.2. The molecule has 4 aromatic carbocycles. The highest BCUT2D eigenvalue weighted by atomic mass is 32.2. The fraction of sp³-hybridized carbons (Fsp3) is 0. The van der Waals surface area contributed by atoms with Crippen LogP contribution in [0.5, 0.6) is 23.0 Å². The second kappa shape index (κ2) is 12.5. The molecule has 0 aliphatic rings. The normalized spacial score (nSPS) is 12.1. The monoisotopic (exact) mass is 740 g/mol. The van der Waals surface area contributed by atoms with Crippen LogP contribution in [0, 0.1) is 40.5 Å². The summed E-state index contributed by atoms with van der Waals surface area (Å²) in [5, 5.41) is 98.6. The fourth-order valence-electron chi connectivity index (χ4n) is 4.08. The lowest BCUT2D eigenvalue weighted by atomic mass is 10.1. The molecule has 0 saturated carbocycles. The minimum absolute atomic E-state index is 0.331. The van der Waals surface area contributed by atoms with Gasteiger partial charge in [-0.1, -0.05) is 0 Å². The van der Waals surface area contributed by atoms with Crippen molar-refractivity contribution in [1.29, 1.82) is 0 Å². The van der Waals surface area contributed by atoms with Gasteiger partial charge in [0, 0.05) is 12.1 Å². The van der Waals surface area contributed by atoms with Crippen LogP contribution in [0.2, 0.25) is 0 Å². The maximum Gasteiger partial charge on any atom is 0.319 e. The number of rotatable bonds is 10. The number of nitrogens with zero attached hydrogens (tertiary/aromatic N) is 8. The van der Waals surface area contributed by atoms with Gasteiger partial charge in [0.1, 0.15) is 32.5 Å². The summed E-state index contributed by atoms with van der Waals surface area (Å²) in [4.78, 5) is 37.3. The van der Waals surface area contributed by atoms with Crippen molar-refractivity contribution in [2.45, 2.75) is 9.79 Å². The van der Waals surface area contributed by atoms with Gasteiger partial charge in [0.25, 0.3) is 31.6 Å². The quantitative estimate of drug-likeness (QED) is 0.0558. The molecule has 0 unspecified atom stereocenters. The van der Waals surface area contributed by atoms with Crippen LogP contribution in [0.15, 0.2) is 66.6 Å². The first kappa shape index (κ1) is 35.8. The van der Waals surface area contributed by atoms with Crippen LogP contribution in [-0.2, 0) is 20.2 Å². The van der Waals surface area contributed by atoms with E-state index >= 15 is 0 Å². The number of nitro benzene ring substituents is 4. The van der Waals surface area contributed by atoms with Crippen molar-refractivity contribution in [1.82, 2.24) is 0 Å². The summed E-state index contributed by atoms with van der Waals surface area (Å²) in [6.07, 6.45) is 0. The Morgan fingerprint density at radius 2 is 0.840 bits per heavy atom. The summed E-state index contributed by atoms with van der Waals surface area (Å²) >= 11 is 0. The van der Waals surface area contributed by atoms with Gasteiger partial charge >= 0.3 is 11.4 Å². The molecule has 0 aliphatic carbocycles. The summed E-state index contributed by atoms with van der Waals surface area (Å²) in [7, 11) is -11.0. The van der Waals surface area contributed by atoms with Crippen molar-refractivity contribution < 1.29 is 66.1 Å². The molecule has 0 spiro atoms.